The first-order valence-electron chi connectivity index (χ1n) is 20.5. The van der Waals surface area contributed by atoms with Crippen molar-refractivity contribution in [1.29, 1.82) is 0 Å². The highest BCUT2D eigenvalue weighted by atomic mass is 32.1. The van der Waals surface area contributed by atoms with Crippen molar-refractivity contribution in [3.63, 3.8) is 0 Å². The van der Waals surface area contributed by atoms with Crippen LogP contribution in [0.2, 0.25) is 0 Å². The molecule has 0 aromatic heterocycles. The monoisotopic (exact) mass is 875 g/mol. The van der Waals surface area contributed by atoms with Crippen LogP contribution in [-0.4, -0.2) is 156 Å². The van der Waals surface area contributed by atoms with Crippen LogP contribution in [0.3, 0.4) is 0 Å². The van der Waals surface area contributed by atoms with Gasteiger partial charge in [0.1, 0.15) is 17.8 Å². The summed E-state index contributed by atoms with van der Waals surface area (Å²) < 4.78 is 16.2. The third-order valence-electron chi connectivity index (χ3n) is 9.38. The van der Waals surface area contributed by atoms with E-state index in [1.807, 2.05) is 90.7 Å². The van der Waals surface area contributed by atoms with Crippen LogP contribution in [0.15, 0.2) is 30.3 Å². The number of amides is 5. The van der Waals surface area contributed by atoms with Crippen LogP contribution in [0.5, 0.6) is 0 Å². The van der Waals surface area contributed by atoms with Gasteiger partial charge in [0.05, 0.1) is 0 Å². The zero-order valence-electron chi connectivity index (χ0n) is 37.8. The molecule has 1 aromatic rings. The predicted octanol–water partition coefficient (Wildman–Crippen LogP) is 5.96. The largest absolute Gasteiger partial charge is 0.445 e. The number of hydrogen-bond donors (Lipinski definition) is 2. The van der Waals surface area contributed by atoms with Gasteiger partial charge < -0.3 is 49.1 Å². The highest BCUT2D eigenvalue weighted by Gasteiger charge is 2.30. The Labute approximate surface area is 368 Å². The van der Waals surface area contributed by atoms with E-state index in [1.54, 1.807) is 33.6 Å². The number of benzene rings is 1. The average molecular weight is 875 g/mol. The minimum Gasteiger partial charge on any atom is -0.445 e. The molecular formula is C42H78N6O9S2. The first kappa shape index (κ1) is 57.7. The highest BCUT2D eigenvalue weighted by molar-refractivity contribution is 7.59. The molecule has 3 rings (SSSR count). The number of rotatable bonds is 12. The quantitative estimate of drug-likeness (QED) is 0.240. The van der Waals surface area contributed by atoms with Crippen LogP contribution in [0, 0.1) is 0 Å². The smallest absolute Gasteiger partial charge is 0.410 e. The van der Waals surface area contributed by atoms with Gasteiger partial charge in [0.2, 0.25) is 11.8 Å². The van der Waals surface area contributed by atoms with Crippen LogP contribution in [0.4, 0.5) is 14.4 Å². The Hall–Kier alpha value is -3.41. The summed E-state index contributed by atoms with van der Waals surface area (Å²) in [5.41, 5.74) is -0.0807. The average Bonchev–Trinajstić information content (AvgIpc) is 3.17. The molecule has 0 spiro atoms. The van der Waals surface area contributed by atoms with Gasteiger partial charge in [-0.3, -0.25) is 9.59 Å². The molecule has 17 heteroatoms. The molecule has 5 amide bonds. The lowest BCUT2D eigenvalue weighted by Gasteiger charge is -2.36. The fraction of sp³-hybridized carbons (Fsp3) is 0.738. The third-order valence-corrected chi connectivity index (χ3v) is 9.38. The fourth-order valence-corrected chi connectivity index (χ4v) is 6.03. The van der Waals surface area contributed by atoms with E-state index in [9.17, 15) is 24.0 Å². The maximum Gasteiger partial charge on any atom is 0.410 e. The number of aliphatic hydroxyl groups is 1. The summed E-state index contributed by atoms with van der Waals surface area (Å²) in [5.74, 6) is 0.218. The predicted molar refractivity (Wildman–Crippen MR) is 242 cm³/mol. The van der Waals surface area contributed by atoms with Crippen molar-refractivity contribution in [2.75, 3.05) is 73.1 Å². The van der Waals surface area contributed by atoms with Crippen molar-refractivity contribution in [3.05, 3.63) is 35.9 Å². The van der Waals surface area contributed by atoms with Crippen molar-refractivity contribution >= 4 is 57.1 Å². The van der Waals surface area contributed by atoms with Gasteiger partial charge in [0.25, 0.3) is 0 Å². The molecule has 0 aliphatic carbocycles. The molecule has 0 saturated carbocycles. The van der Waals surface area contributed by atoms with Crippen LogP contribution in [0.25, 0.3) is 0 Å². The molecule has 2 atom stereocenters. The van der Waals surface area contributed by atoms with E-state index in [-0.39, 0.29) is 76.3 Å². The van der Waals surface area contributed by atoms with Crippen LogP contribution in [0.1, 0.15) is 106 Å². The van der Waals surface area contributed by atoms with Crippen LogP contribution >= 0.6 is 27.0 Å². The van der Waals surface area contributed by atoms with E-state index in [2.05, 4.69) is 12.2 Å². The van der Waals surface area contributed by atoms with Crippen molar-refractivity contribution in [3.8, 4) is 0 Å². The van der Waals surface area contributed by atoms with Crippen molar-refractivity contribution < 1.29 is 43.3 Å². The van der Waals surface area contributed by atoms with E-state index >= 15 is 0 Å². The molecule has 342 valence electrons. The maximum atomic E-state index is 12.7. The number of piperazine rings is 2. The molecule has 59 heavy (non-hydrogen) atoms. The zero-order valence-corrected chi connectivity index (χ0v) is 39.8. The number of nitrogens with zero attached hydrogens (tertiary/aromatic N) is 5. The Kier molecular flexibility index (Phi) is 29.1. The number of carbonyl (C=O) groups excluding carboxylic acids is 5. The second-order valence-electron chi connectivity index (χ2n) is 16.2. The molecule has 15 nitrogen and oxygen atoms in total. The molecule has 0 radical (unpaired) electrons. The van der Waals surface area contributed by atoms with Crippen LogP contribution in [-0.2, 0) is 30.4 Å². The zero-order chi connectivity index (χ0) is 43.2. The van der Waals surface area contributed by atoms with Crippen molar-refractivity contribution in [2.24, 2.45) is 0 Å². The van der Waals surface area contributed by atoms with Crippen molar-refractivity contribution in [2.45, 2.75) is 131 Å². The van der Waals surface area contributed by atoms with Gasteiger partial charge in [-0.05, 0) is 86.8 Å². The van der Waals surface area contributed by atoms with Gasteiger partial charge >= 0.3 is 18.3 Å². The van der Waals surface area contributed by atoms with E-state index < -0.39 is 11.2 Å². The summed E-state index contributed by atoms with van der Waals surface area (Å²) in [7, 11) is 3.64. The number of hydrogen-bond acceptors (Lipinski definition) is 10. The topological polar surface area (TPSA) is 161 Å². The highest BCUT2D eigenvalue weighted by Crippen LogP contribution is 2.17. The lowest BCUT2D eigenvalue weighted by molar-refractivity contribution is -0.133. The summed E-state index contributed by atoms with van der Waals surface area (Å²) in [4.78, 5) is 70.0. The molecular weight excluding hydrogens is 797 g/mol. The lowest BCUT2D eigenvalue weighted by atomic mass is 10.1. The van der Waals surface area contributed by atoms with Gasteiger partial charge in [0, 0.05) is 90.9 Å². The summed E-state index contributed by atoms with van der Waals surface area (Å²) >= 11 is 0. The Morgan fingerprint density at radius 1 is 0.695 bits per heavy atom. The first-order valence-corrected chi connectivity index (χ1v) is 20.5. The fourth-order valence-electron chi connectivity index (χ4n) is 6.03. The van der Waals surface area contributed by atoms with Gasteiger partial charge in [0.15, 0.2) is 0 Å². The molecule has 2 saturated heterocycles. The van der Waals surface area contributed by atoms with E-state index in [4.69, 9.17) is 19.3 Å². The van der Waals surface area contributed by atoms with E-state index in [0.29, 0.717) is 77.7 Å². The number of carbonyl (C=O) groups is 5. The minimum atomic E-state index is -0.534. The van der Waals surface area contributed by atoms with Crippen LogP contribution < -0.4 is 5.32 Å². The van der Waals surface area contributed by atoms with Gasteiger partial charge in [-0.2, -0.15) is 27.0 Å². The number of ether oxygens (including phenoxy) is 3. The molecule has 2 heterocycles. The minimum absolute atomic E-state index is 0. The molecule has 1 aromatic carbocycles. The molecule has 2 aliphatic rings. The molecule has 0 unspecified atom stereocenters. The summed E-state index contributed by atoms with van der Waals surface area (Å²) in [6.07, 6.45) is 3.07. The normalized spacial score (nSPS) is 15.0. The molecule has 0 bridgehead atoms. The maximum absolute atomic E-state index is 12.7. The number of nitrogens with one attached hydrogen (secondary N) is 1. The second-order valence-corrected chi connectivity index (χ2v) is 16.2. The molecule has 2 N–H and O–H groups in total. The SMILES string of the molecule is CCO.CC[C@H](CCC(=O)N1CCN(C(=O)OC(C)(C)C)CC1)N(C)C(=O)OCc1ccccc1.CC[C@H](CCC(=O)N1CCN(C(=O)OC(C)(C)C)CC1)NC.S.S. The van der Waals surface area contributed by atoms with Crippen molar-refractivity contribution in [1.82, 2.24) is 29.8 Å². The van der Waals surface area contributed by atoms with E-state index in [0.717, 1.165) is 24.8 Å². The lowest BCUT2D eigenvalue weighted by Crippen LogP contribution is -2.51. The summed E-state index contributed by atoms with van der Waals surface area (Å²) in [5, 5.41) is 10.8. The Morgan fingerprint density at radius 3 is 1.44 bits per heavy atom. The van der Waals surface area contributed by atoms with Gasteiger partial charge in [-0.15, -0.1) is 0 Å². The molecule has 2 fully saturated rings. The summed E-state index contributed by atoms with van der Waals surface area (Å²) in [6.45, 7) is 21.5. The third kappa shape index (κ3) is 23.8. The van der Waals surface area contributed by atoms with Gasteiger partial charge in [-0.1, -0.05) is 44.2 Å². The van der Waals surface area contributed by atoms with Gasteiger partial charge in [-0.25, -0.2) is 14.4 Å². The Balaban J connectivity index is 0. The Morgan fingerprint density at radius 2 is 1.08 bits per heavy atom. The number of aliphatic hydroxyl groups excluding tert-OH is 1. The van der Waals surface area contributed by atoms with E-state index in [1.165, 1.54) is 0 Å². The summed E-state index contributed by atoms with van der Waals surface area (Å²) in [6, 6.07) is 9.86. The Bertz CT molecular complexity index is 1340. The second kappa shape index (κ2) is 29.8. The standard InChI is InChI=1S/C24H37N3O5.C16H31N3O3.C2H6O.2H2S/c1-6-20(25(5)22(29)31-18-19-10-8-7-9-11-19)12-13-21(28)26-14-16-27(17-15-26)23(30)32-24(2,3)4;1-6-13(17-5)7-8-14(20)18-9-11-19(12-10-18)15(21)22-16(2,3)4;1-2-3;;/h7-11,20H,6,12-18H2,1-5H3;13,17H,6-12H2,1-5H3;3H,2H2,1H3;2*1H2/t20-;13-;;;/m11.../s1. The molecule has 2 aliphatic heterocycles. The first-order chi connectivity index (χ1) is 26.8.